The van der Waals surface area contributed by atoms with Crippen LogP contribution in [0, 0.1) is 5.82 Å². The lowest BCUT2D eigenvalue weighted by Gasteiger charge is -2.07. The van der Waals surface area contributed by atoms with Gasteiger partial charge in [0.15, 0.2) is 28.8 Å². The van der Waals surface area contributed by atoms with Crippen LogP contribution in [0.15, 0.2) is 36.4 Å². The molecule has 0 saturated carbocycles. The molecule has 6 heteroatoms. The van der Waals surface area contributed by atoms with E-state index < -0.39 is 5.82 Å². The van der Waals surface area contributed by atoms with Gasteiger partial charge in [0, 0.05) is 6.07 Å². The maximum Gasteiger partial charge on any atom is 0.231 e. The van der Waals surface area contributed by atoms with Crippen LogP contribution in [0.25, 0.3) is 6.08 Å². The molecule has 0 unspecified atom stereocenters. The summed E-state index contributed by atoms with van der Waals surface area (Å²) in [4.78, 5) is 12.4. The number of allylic oxidation sites excluding steroid dienone is 1. The minimum absolute atomic E-state index is 0.108. The second kappa shape index (κ2) is 6.62. The average Bonchev–Trinajstić information content (AvgIpc) is 3.06. The SMILES string of the molecule is COc1ccc(C=CC(=O)c2cc3c(cc2OC)OCO3)cc1F. The molecule has 5 nitrogen and oxygen atoms in total. The lowest BCUT2D eigenvalue weighted by molar-refractivity contribution is 0.104. The van der Waals surface area contributed by atoms with Gasteiger partial charge in [-0.25, -0.2) is 4.39 Å². The summed E-state index contributed by atoms with van der Waals surface area (Å²) in [6.07, 6.45) is 2.87. The van der Waals surface area contributed by atoms with Gasteiger partial charge in [-0.2, -0.15) is 0 Å². The second-order valence-corrected chi connectivity index (χ2v) is 5.00. The van der Waals surface area contributed by atoms with Crippen molar-refractivity contribution >= 4 is 11.9 Å². The maximum atomic E-state index is 13.7. The molecule has 1 aliphatic heterocycles. The Morgan fingerprint density at radius 3 is 2.46 bits per heavy atom. The van der Waals surface area contributed by atoms with E-state index >= 15 is 0 Å². The van der Waals surface area contributed by atoms with Gasteiger partial charge in [-0.05, 0) is 29.8 Å². The molecule has 0 N–H and O–H groups in total. The molecular weight excluding hydrogens is 315 g/mol. The van der Waals surface area contributed by atoms with E-state index in [1.807, 2.05) is 0 Å². The maximum absolute atomic E-state index is 13.7. The average molecular weight is 330 g/mol. The number of rotatable bonds is 5. The summed E-state index contributed by atoms with van der Waals surface area (Å²) in [5.74, 6) is 0.771. The first-order valence-electron chi connectivity index (χ1n) is 7.16. The molecule has 0 atom stereocenters. The lowest BCUT2D eigenvalue weighted by atomic mass is 10.1. The minimum atomic E-state index is -0.493. The van der Waals surface area contributed by atoms with Crippen LogP contribution < -0.4 is 18.9 Å². The van der Waals surface area contributed by atoms with E-state index in [9.17, 15) is 9.18 Å². The summed E-state index contributed by atoms with van der Waals surface area (Å²) >= 11 is 0. The van der Waals surface area contributed by atoms with Gasteiger partial charge in [-0.1, -0.05) is 12.1 Å². The van der Waals surface area contributed by atoms with Gasteiger partial charge in [0.05, 0.1) is 19.8 Å². The fraction of sp³-hybridized carbons (Fsp3) is 0.167. The highest BCUT2D eigenvalue weighted by Crippen LogP contribution is 2.38. The molecule has 2 aromatic rings. The molecule has 0 spiro atoms. The minimum Gasteiger partial charge on any atom is -0.496 e. The zero-order valence-corrected chi connectivity index (χ0v) is 13.2. The van der Waals surface area contributed by atoms with Crippen molar-refractivity contribution in [3.63, 3.8) is 0 Å². The van der Waals surface area contributed by atoms with E-state index in [0.717, 1.165) is 0 Å². The summed E-state index contributed by atoms with van der Waals surface area (Å²) in [5, 5.41) is 0. The van der Waals surface area contributed by atoms with Gasteiger partial charge < -0.3 is 18.9 Å². The van der Waals surface area contributed by atoms with Gasteiger partial charge >= 0.3 is 0 Å². The monoisotopic (exact) mass is 330 g/mol. The molecule has 124 valence electrons. The Morgan fingerprint density at radius 1 is 1.08 bits per heavy atom. The lowest BCUT2D eigenvalue weighted by Crippen LogP contribution is -1.99. The van der Waals surface area contributed by atoms with Crippen LogP contribution in [0.4, 0.5) is 4.39 Å². The highest BCUT2D eigenvalue weighted by molar-refractivity contribution is 6.09. The highest BCUT2D eigenvalue weighted by atomic mass is 19.1. The smallest absolute Gasteiger partial charge is 0.231 e. The summed E-state index contributed by atoms with van der Waals surface area (Å²) < 4.78 is 34.3. The number of benzene rings is 2. The van der Waals surface area contributed by atoms with Gasteiger partial charge in [-0.15, -0.1) is 0 Å². The number of hydrogen-bond donors (Lipinski definition) is 0. The third-order valence-electron chi connectivity index (χ3n) is 3.56. The Morgan fingerprint density at radius 2 is 1.79 bits per heavy atom. The number of carbonyl (C=O) groups excluding carboxylic acids is 1. The molecule has 0 bridgehead atoms. The van der Waals surface area contributed by atoms with E-state index in [0.29, 0.717) is 28.4 Å². The molecule has 1 aliphatic rings. The molecular formula is C18H15FO5. The van der Waals surface area contributed by atoms with Crippen molar-refractivity contribution in [1.82, 2.24) is 0 Å². The van der Waals surface area contributed by atoms with Crippen molar-refractivity contribution in [2.45, 2.75) is 0 Å². The van der Waals surface area contributed by atoms with Crippen LogP contribution in [0.1, 0.15) is 15.9 Å². The Bertz CT molecular complexity index is 813. The van der Waals surface area contributed by atoms with Crippen LogP contribution in [0.3, 0.4) is 0 Å². The largest absolute Gasteiger partial charge is 0.496 e. The third-order valence-corrected chi connectivity index (χ3v) is 3.56. The zero-order chi connectivity index (χ0) is 17.1. The fourth-order valence-electron chi connectivity index (χ4n) is 2.33. The Kier molecular flexibility index (Phi) is 4.37. The van der Waals surface area contributed by atoms with Crippen molar-refractivity contribution in [2.24, 2.45) is 0 Å². The standard InChI is InChI=1S/C18H15FO5/c1-21-15-6-4-11(7-13(15)19)3-5-14(20)12-8-17-18(24-10-23-17)9-16(12)22-2/h3-9H,10H2,1-2H3. The van der Waals surface area contributed by atoms with E-state index in [1.165, 1.54) is 38.5 Å². The number of fused-ring (bicyclic) bond motifs is 1. The van der Waals surface area contributed by atoms with Gasteiger partial charge in [0.25, 0.3) is 0 Å². The molecule has 0 saturated heterocycles. The van der Waals surface area contributed by atoms with Crippen molar-refractivity contribution in [3.8, 4) is 23.0 Å². The van der Waals surface area contributed by atoms with Crippen molar-refractivity contribution in [1.29, 1.82) is 0 Å². The molecule has 0 amide bonds. The molecule has 24 heavy (non-hydrogen) atoms. The number of ether oxygens (including phenoxy) is 4. The topological polar surface area (TPSA) is 54.0 Å². The van der Waals surface area contributed by atoms with Crippen LogP contribution in [0.5, 0.6) is 23.0 Å². The molecule has 0 radical (unpaired) electrons. The number of hydrogen-bond acceptors (Lipinski definition) is 5. The van der Waals surface area contributed by atoms with E-state index in [1.54, 1.807) is 18.2 Å². The summed E-state index contributed by atoms with van der Waals surface area (Å²) in [5.41, 5.74) is 0.883. The second-order valence-electron chi connectivity index (χ2n) is 5.00. The van der Waals surface area contributed by atoms with Crippen molar-refractivity contribution < 1.29 is 28.1 Å². The van der Waals surface area contributed by atoms with Crippen LogP contribution in [0.2, 0.25) is 0 Å². The molecule has 0 aromatic heterocycles. The number of methoxy groups -OCH3 is 2. The predicted octanol–water partition coefficient (Wildman–Crippen LogP) is 3.47. The number of halogens is 1. The van der Waals surface area contributed by atoms with E-state index in [-0.39, 0.29) is 18.3 Å². The van der Waals surface area contributed by atoms with Crippen LogP contribution >= 0.6 is 0 Å². The van der Waals surface area contributed by atoms with Crippen LogP contribution in [-0.4, -0.2) is 26.8 Å². The summed E-state index contributed by atoms with van der Waals surface area (Å²) in [6, 6.07) is 7.63. The third kappa shape index (κ3) is 3.03. The first-order chi connectivity index (χ1) is 11.6. The van der Waals surface area contributed by atoms with E-state index in [2.05, 4.69) is 0 Å². The summed E-state index contributed by atoms with van der Waals surface area (Å²) in [7, 11) is 2.86. The van der Waals surface area contributed by atoms with Crippen molar-refractivity contribution in [2.75, 3.05) is 21.0 Å². The molecule has 2 aromatic carbocycles. The first kappa shape index (κ1) is 15.9. The predicted molar refractivity (Wildman–Crippen MR) is 85.4 cm³/mol. The quantitative estimate of drug-likeness (QED) is 0.621. The normalized spacial score (nSPS) is 12.5. The van der Waals surface area contributed by atoms with Gasteiger partial charge in [-0.3, -0.25) is 4.79 Å². The van der Waals surface area contributed by atoms with Crippen LogP contribution in [-0.2, 0) is 0 Å². The van der Waals surface area contributed by atoms with Gasteiger partial charge in [0.2, 0.25) is 6.79 Å². The van der Waals surface area contributed by atoms with Gasteiger partial charge in [0.1, 0.15) is 5.75 Å². The number of carbonyl (C=O) groups is 1. The Balaban J connectivity index is 1.86. The Labute approximate surface area is 138 Å². The molecule has 3 rings (SSSR count). The summed E-state index contributed by atoms with van der Waals surface area (Å²) in [6.45, 7) is 0.108. The zero-order valence-electron chi connectivity index (χ0n) is 13.2. The first-order valence-corrected chi connectivity index (χ1v) is 7.16. The molecule has 0 aliphatic carbocycles. The fourth-order valence-corrected chi connectivity index (χ4v) is 2.33. The van der Waals surface area contributed by atoms with Crippen molar-refractivity contribution in [3.05, 3.63) is 53.4 Å². The van der Waals surface area contributed by atoms with E-state index in [4.69, 9.17) is 18.9 Å². The Hall–Kier alpha value is -3.02. The number of ketones is 1. The molecule has 0 fully saturated rings. The molecule has 1 heterocycles. The highest BCUT2D eigenvalue weighted by Gasteiger charge is 2.20.